The highest BCUT2D eigenvalue weighted by Gasteiger charge is 2.30. The third-order valence-electron chi connectivity index (χ3n) is 3.93. The Kier molecular flexibility index (Phi) is 4.57. The van der Waals surface area contributed by atoms with Gasteiger partial charge < -0.3 is 10.6 Å². The van der Waals surface area contributed by atoms with E-state index in [0.29, 0.717) is 0 Å². The minimum atomic E-state index is -4.45. The number of nitrogens with zero attached hydrogens (tertiary/aromatic N) is 2. The molecule has 0 radical (unpaired) electrons. The maximum Gasteiger partial charge on any atom is 0.416 e. The molecule has 3 rings (SSSR count). The summed E-state index contributed by atoms with van der Waals surface area (Å²) in [4.78, 5) is 12.2. The molecule has 0 aliphatic carbocycles. The first-order chi connectivity index (χ1) is 11.4. The van der Waals surface area contributed by atoms with Gasteiger partial charge >= 0.3 is 6.18 Å². The van der Waals surface area contributed by atoms with E-state index in [0.717, 1.165) is 38.1 Å². The van der Waals surface area contributed by atoms with E-state index in [1.54, 1.807) is 16.9 Å². The Balaban J connectivity index is 1.70. The molecule has 1 saturated heterocycles. The normalized spacial score (nSPS) is 18.4. The van der Waals surface area contributed by atoms with E-state index in [2.05, 4.69) is 15.7 Å². The predicted octanol–water partition coefficient (Wildman–Crippen LogP) is 3.08. The summed E-state index contributed by atoms with van der Waals surface area (Å²) in [5, 5.41) is 9.96. The van der Waals surface area contributed by atoms with Crippen molar-refractivity contribution in [3.8, 4) is 0 Å². The fraction of sp³-hybridized carbons (Fsp3) is 0.375. The average Bonchev–Trinajstić information content (AvgIpc) is 3.05. The van der Waals surface area contributed by atoms with Gasteiger partial charge in [-0.05, 0) is 43.7 Å². The van der Waals surface area contributed by atoms with Gasteiger partial charge in [-0.2, -0.15) is 18.3 Å². The SMILES string of the molecule is O=C(Nc1cccc(C(F)(F)F)c1)c1ccn(C2CCCNC2)n1. The summed E-state index contributed by atoms with van der Waals surface area (Å²) in [6.07, 6.45) is -0.714. The van der Waals surface area contributed by atoms with Gasteiger partial charge in [0.15, 0.2) is 5.69 Å². The van der Waals surface area contributed by atoms with Gasteiger partial charge in [-0.3, -0.25) is 9.48 Å². The molecule has 2 heterocycles. The molecule has 24 heavy (non-hydrogen) atoms. The number of hydrogen-bond acceptors (Lipinski definition) is 3. The summed E-state index contributed by atoms with van der Waals surface area (Å²) in [5.74, 6) is -0.531. The molecule has 1 unspecified atom stereocenters. The van der Waals surface area contributed by atoms with Crippen molar-refractivity contribution in [2.24, 2.45) is 0 Å². The fourth-order valence-electron chi connectivity index (χ4n) is 2.69. The molecule has 0 saturated carbocycles. The van der Waals surface area contributed by atoms with Crippen LogP contribution in [0.2, 0.25) is 0 Å². The van der Waals surface area contributed by atoms with Gasteiger partial charge in [0.05, 0.1) is 11.6 Å². The second kappa shape index (κ2) is 6.64. The highest BCUT2D eigenvalue weighted by Crippen LogP contribution is 2.30. The zero-order valence-electron chi connectivity index (χ0n) is 12.8. The maximum atomic E-state index is 12.7. The quantitative estimate of drug-likeness (QED) is 0.904. The first-order valence-electron chi connectivity index (χ1n) is 7.68. The molecule has 1 aliphatic rings. The van der Waals surface area contributed by atoms with Crippen molar-refractivity contribution < 1.29 is 18.0 Å². The number of nitrogens with one attached hydrogen (secondary N) is 2. The standard InChI is InChI=1S/C16H17F3N4O/c17-16(18,19)11-3-1-4-12(9-11)21-15(24)14-6-8-23(22-14)13-5-2-7-20-10-13/h1,3-4,6,8-9,13,20H,2,5,7,10H2,(H,21,24). The van der Waals surface area contributed by atoms with E-state index in [1.807, 2.05) is 0 Å². The van der Waals surface area contributed by atoms with E-state index in [9.17, 15) is 18.0 Å². The second-order valence-corrected chi connectivity index (χ2v) is 5.71. The molecule has 1 aromatic heterocycles. The Bertz CT molecular complexity index is 720. The number of halogens is 3. The van der Waals surface area contributed by atoms with Gasteiger partial charge in [0, 0.05) is 18.4 Å². The number of carbonyl (C=O) groups excluding carboxylic acids is 1. The largest absolute Gasteiger partial charge is 0.416 e. The van der Waals surface area contributed by atoms with Crippen molar-refractivity contribution in [1.29, 1.82) is 0 Å². The molecule has 2 N–H and O–H groups in total. The Hall–Kier alpha value is -2.35. The van der Waals surface area contributed by atoms with Crippen LogP contribution >= 0.6 is 0 Å². The van der Waals surface area contributed by atoms with Crippen molar-refractivity contribution >= 4 is 11.6 Å². The number of amides is 1. The smallest absolute Gasteiger partial charge is 0.321 e. The summed E-state index contributed by atoms with van der Waals surface area (Å²) in [7, 11) is 0. The van der Waals surface area contributed by atoms with E-state index in [1.165, 1.54) is 12.1 Å². The highest BCUT2D eigenvalue weighted by atomic mass is 19.4. The number of hydrogen-bond donors (Lipinski definition) is 2. The minimum absolute atomic E-state index is 0.0868. The number of aromatic nitrogens is 2. The van der Waals surface area contributed by atoms with Crippen LogP contribution in [0.4, 0.5) is 18.9 Å². The average molecular weight is 338 g/mol. The first kappa shape index (κ1) is 16.5. The molecule has 1 amide bonds. The molecular formula is C16H17F3N4O. The van der Waals surface area contributed by atoms with Gasteiger partial charge in [0.25, 0.3) is 5.91 Å². The monoisotopic (exact) mass is 338 g/mol. The van der Waals surface area contributed by atoms with Crippen molar-refractivity contribution in [3.05, 3.63) is 47.8 Å². The van der Waals surface area contributed by atoms with Gasteiger partial charge in [-0.1, -0.05) is 6.07 Å². The van der Waals surface area contributed by atoms with Crippen molar-refractivity contribution in [3.63, 3.8) is 0 Å². The van der Waals surface area contributed by atoms with Crippen LogP contribution in [0.1, 0.15) is 34.9 Å². The van der Waals surface area contributed by atoms with Crippen LogP contribution in [-0.4, -0.2) is 28.8 Å². The van der Waals surface area contributed by atoms with Crippen molar-refractivity contribution in [1.82, 2.24) is 15.1 Å². The van der Waals surface area contributed by atoms with E-state index in [4.69, 9.17) is 0 Å². The summed E-state index contributed by atoms with van der Waals surface area (Å²) in [6.45, 7) is 1.76. The lowest BCUT2D eigenvalue weighted by Crippen LogP contribution is -2.32. The number of alkyl halides is 3. The molecule has 1 aromatic carbocycles. The van der Waals surface area contributed by atoms with Gasteiger partial charge in [0.2, 0.25) is 0 Å². The van der Waals surface area contributed by atoms with Gasteiger partial charge in [0.1, 0.15) is 0 Å². The predicted molar refractivity (Wildman–Crippen MR) is 82.8 cm³/mol. The topological polar surface area (TPSA) is 59.0 Å². The molecule has 5 nitrogen and oxygen atoms in total. The molecule has 1 atom stereocenters. The molecule has 0 spiro atoms. The van der Waals surface area contributed by atoms with E-state index >= 15 is 0 Å². The third kappa shape index (κ3) is 3.76. The number of benzene rings is 1. The fourth-order valence-corrected chi connectivity index (χ4v) is 2.69. The molecular weight excluding hydrogens is 321 g/mol. The second-order valence-electron chi connectivity index (χ2n) is 5.71. The molecule has 2 aromatic rings. The molecule has 0 bridgehead atoms. The van der Waals surface area contributed by atoms with Crippen LogP contribution in [-0.2, 0) is 6.18 Å². The summed E-state index contributed by atoms with van der Waals surface area (Å²) in [6, 6.07) is 6.28. The molecule has 1 fully saturated rings. The third-order valence-corrected chi connectivity index (χ3v) is 3.93. The van der Waals surface area contributed by atoms with Crippen LogP contribution in [0.5, 0.6) is 0 Å². The van der Waals surface area contributed by atoms with Crippen LogP contribution in [0.15, 0.2) is 36.5 Å². The Morgan fingerprint density at radius 1 is 1.33 bits per heavy atom. The number of carbonyl (C=O) groups is 1. The highest BCUT2D eigenvalue weighted by molar-refractivity contribution is 6.02. The van der Waals surface area contributed by atoms with Crippen molar-refractivity contribution in [2.75, 3.05) is 18.4 Å². The Morgan fingerprint density at radius 3 is 2.88 bits per heavy atom. The van der Waals surface area contributed by atoms with E-state index < -0.39 is 17.6 Å². The van der Waals surface area contributed by atoms with Crippen LogP contribution in [0.25, 0.3) is 0 Å². The minimum Gasteiger partial charge on any atom is -0.321 e. The molecule has 1 aliphatic heterocycles. The summed E-state index contributed by atoms with van der Waals surface area (Å²) in [5.41, 5.74) is -0.541. The lowest BCUT2D eigenvalue weighted by molar-refractivity contribution is -0.137. The Morgan fingerprint density at radius 2 is 2.17 bits per heavy atom. The van der Waals surface area contributed by atoms with E-state index in [-0.39, 0.29) is 17.4 Å². The van der Waals surface area contributed by atoms with Gasteiger partial charge in [-0.15, -0.1) is 0 Å². The zero-order chi connectivity index (χ0) is 17.2. The number of anilines is 1. The maximum absolute atomic E-state index is 12.7. The number of piperidine rings is 1. The van der Waals surface area contributed by atoms with Crippen LogP contribution in [0, 0.1) is 0 Å². The summed E-state index contributed by atoms with van der Waals surface area (Å²) >= 11 is 0. The zero-order valence-corrected chi connectivity index (χ0v) is 12.8. The first-order valence-corrected chi connectivity index (χ1v) is 7.68. The Labute approximate surface area is 136 Å². The molecule has 128 valence electrons. The number of rotatable bonds is 3. The van der Waals surface area contributed by atoms with Gasteiger partial charge in [-0.25, -0.2) is 0 Å². The van der Waals surface area contributed by atoms with Crippen LogP contribution in [0.3, 0.4) is 0 Å². The lowest BCUT2D eigenvalue weighted by Gasteiger charge is -2.22. The summed E-state index contributed by atoms with van der Waals surface area (Å²) < 4.78 is 39.8. The lowest BCUT2D eigenvalue weighted by atomic mass is 10.1. The van der Waals surface area contributed by atoms with Crippen molar-refractivity contribution in [2.45, 2.75) is 25.1 Å². The van der Waals surface area contributed by atoms with Crippen LogP contribution < -0.4 is 10.6 Å². The molecule has 8 heteroatoms.